The molecule has 0 aromatic heterocycles. The minimum atomic E-state index is -3.75. The minimum Gasteiger partial charge on any atom is -0.339 e. The van der Waals surface area contributed by atoms with Crippen LogP contribution < -0.4 is 10.0 Å². The maximum Gasteiger partial charge on any atom is 0.254 e. The van der Waals surface area contributed by atoms with Crippen LogP contribution in [-0.4, -0.2) is 44.8 Å². The van der Waals surface area contributed by atoms with Crippen molar-refractivity contribution in [3.63, 3.8) is 0 Å². The third-order valence-corrected chi connectivity index (χ3v) is 6.68. The highest BCUT2D eigenvalue weighted by Crippen LogP contribution is 2.22. The molecule has 1 fully saturated rings. The van der Waals surface area contributed by atoms with E-state index in [9.17, 15) is 18.0 Å². The number of carbonyl (C=O) groups is 2. The number of likely N-dealkylation sites (tertiary alicyclic amines) is 1. The number of carbonyl (C=O) groups excluding carboxylic acids is 2. The van der Waals surface area contributed by atoms with Gasteiger partial charge in [-0.15, -0.1) is 0 Å². The Labute approximate surface area is 181 Å². The Bertz CT molecular complexity index is 1050. The largest absolute Gasteiger partial charge is 0.339 e. The average molecular weight is 450 g/mol. The fraction of sp³-hybridized carbons (Fsp3) is 0.333. The SMILES string of the molecule is Cc1c(NC(=O)CCNS(=O)(=O)c2cccc(Cl)c2)cccc1C(=O)N1CCCC1. The van der Waals surface area contributed by atoms with Crippen molar-refractivity contribution in [1.29, 1.82) is 0 Å². The lowest BCUT2D eigenvalue weighted by Crippen LogP contribution is -2.29. The highest BCUT2D eigenvalue weighted by molar-refractivity contribution is 7.89. The number of halogens is 1. The van der Waals surface area contributed by atoms with Crippen LogP contribution in [-0.2, 0) is 14.8 Å². The summed E-state index contributed by atoms with van der Waals surface area (Å²) in [6.07, 6.45) is 1.96. The number of nitrogens with one attached hydrogen (secondary N) is 2. The van der Waals surface area contributed by atoms with Gasteiger partial charge in [0, 0.05) is 42.3 Å². The normalized spacial score (nSPS) is 14.0. The Balaban J connectivity index is 1.58. The summed E-state index contributed by atoms with van der Waals surface area (Å²) in [5.74, 6) is -0.381. The van der Waals surface area contributed by atoms with Crippen LogP contribution >= 0.6 is 11.6 Å². The second-order valence-corrected chi connectivity index (χ2v) is 9.33. The molecule has 0 bridgehead atoms. The van der Waals surface area contributed by atoms with E-state index in [2.05, 4.69) is 10.0 Å². The molecule has 7 nitrogen and oxygen atoms in total. The van der Waals surface area contributed by atoms with E-state index in [1.165, 1.54) is 12.1 Å². The second-order valence-electron chi connectivity index (χ2n) is 7.13. The molecular formula is C21H24ClN3O4S. The van der Waals surface area contributed by atoms with E-state index in [0.29, 0.717) is 21.8 Å². The topological polar surface area (TPSA) is 95.6 Å². The Morgan fingerprint density at radius 3 is 2.50 bits per heavy atom. The van der Waals surface area contributed by atoms with Gasteiger partial charge in [-0.3, -0.25) is 9.59 Å². The number of benzene rings is 2. The number of rotatable bonds is 7. The van der Waals surface area contributed by atoms with Crippen molar-refractivity contribution in [2.45, 2.75) is 31.1 Å². The molecule has 2 aromatic carbocycles. The van der Waals surface area contributed by atoms with Crippen LogP contribution in [0.3, 0.4) is 0 Å². The number of sulfonamides is 1. The van der Waals surface area contributed by atoms with Gasteiger partial charge in [0.05, 0.1) is 4.90 Å². The van der Waals surface area contributed by atoms with Gasteiger partial charge in [-0.1, -0.05) is 23.7 Å². The summed E-state index contributed by atoms with van der Waals surface area (Å²) in [5.41, 5.74) is 1.81. The molecule has 0 radical (unpaired) electrons. The van der Waals surface area contributed by atoms with Gasteiger partial charge >= 0.3 is 0 Å². The highest BCUT2D eigenvalue weighted by Gasteiger charge is 2.22. The van der Waals surface area contributed by atoms with Gasteiger partial charge in [-0.05, 0) is 55.7 Å². The highest BCUT2D eigenvalue weighted by atomic mass is 35.5. The number of hydrogen-bond donors (Lipinski definition) is 2. The van der Waals surface area contributed by atoms with Gasteiger partial charge in [0.2, 0.25) is 15.9 Å². The van der Waals surface area contributed by atoms with E-state index in [1.54, 1.807) is 37.3 Å². The molecule has 30 heavy (non-hydrogen) atoms. The zero-order chi connectivity index (χ0) is 21.7. The predicted molar refractivity (Wildman–Crippen MR) is 116 cm³/mol. The summed E-state index contributed by atoms with van der Waals surface area (Å²) in [6, 6.07) is 11.1. The lowest BCUT2D eigenvalue weighted by molar-refractivity contribution is -0.116. The van der Waals surface area contributed by atoms with Crippen LogP contribution in [0.15, 0.2) is 47.4 Å². The standard InChI is InChI=1S/C21H24ClN3O4S/c1-15-18(21(27)25-12-2-3-13-25)8-5-9-19(15)24-20(26)10-11-23-30(28,29)17-7-4-6-16(22)14-17/h4-9,14,23H,2-3,10-13H2,1H3,(H,24,26). The van der Waals surface area contributed by atoms with Crippen LogP contribution in [0.5, 0.6) is 0 Å². The summed E-state index contributed by atoms with van der Waals surface area (Å²) < 4.78 is 27.0. The van der Waals surface area contributed by atoms with Crippen molar-refractivity contribution in [3.8, 4) is 0 Å². The van der Waals surface area contributed by atoms with E-state index in [-0.39, 0.29) is 29.7 Å². The number of amides is 2. The Hall–Kier alpha value is -2.42. The summed E-state index contributed by atoms with van der Waals surface area (Å²) in [7, 11) is -3.75. The molecule has 2 N–H and O–H groups in total. The lowest BCUT2D eigenvalue weighted by atomic mass is 10.1. The van der Waals surface area contributed by atoms with Gasteiger partial charge in [0.25, 0.3) is 5.91 Å². The molecule has 0 aliphatic carbocycles. The second kappa shape index (κ2) is 9.59. The molecule has 0 atom stereocenters. The first kappa shape index (κ1) is 22.3. The van der Waals surface area contributed by atoms with Crippen LogP contribution in [0, 0.1) is 6.92 Å². The van der Waals surface area contributed by atoms with Crippen molar-refractivity contribution in [2.75, 3.05) is 25.0 Å². The predicted octanol–water partition coefficient (Wildman–Crippen LogP) is 3.19. The first-order valence-corrected chi connectivity index (χ1v) is 11.6. The van der Waals surface area contributed by atoms with Crippen molar-refractivity contribution >= 4 is 39.1 Å². The Kier molecular flexibility index (Phi) is 7.12. The molecule has 0 spiro atoms. The van der Waals surface area contributed by atoms with Gasteiger partial charge in [-0.25, -0.2) is 13.1 Å². The quantitative estimate of drug-likeness (QED) is 0.678. The van der Waals surface area contributed by atoms with E-state index in [4.69, 9.17) is 11.6 Å². The third kappa shape index (κ3) is 5.38. The molecular weight excluding hydrogens is 426 g/mol. The molecule has 1 heterocycles. The van der Waals surface area contributed by atoms with Crippen LogP contribution in [0.2, 0.25) is 5.02 Å². The van der Waals surface area contributed by atoms with E-state index in [1.807, 2.05) is 4.90 Å². The van der Waals surface area contributed by atoms with Crippen molar-refractivity contribution < 1.29 is 18.0 Å². The molecule has 9 heteroatoms. The average Bonchev–Trinajstić information content (AvgIpc) is 3.24. The molecule has 1 saturated heterocycles. The molecule has 2 amide bonds. The first-order valence-electron chi connectivity index (χ1n) is 9.72. The molecule has 1 aliphatic rings. The Morgan fingerprint density at radius 1 is 1.10 bits per heavy atom. The molecule has 3 rings (SSSR count). The molecule has 160 valence electrons. The van der Waals surface area contributed by atoms with Crippen LogP contribution in [0.4, 0.5) is 5.69 Å². The van der Waals surface area contributed by atoms with Crippen LogP contribution in [0.1, 0.15) is 35.2 Å². The number of anilines is 1. The summed E-state index contributed by atoms with van der Waals surface area (Å²) in [4.78, 5) is 26.8. The van der Waals surface area contributed by atoms with Gasteiger partial charge < -0.3 is 10.2 Å². The van der Waals surface area contributed by atoms with Gasteiger partial charge in [0.15, 0.2) is 0 Å². The van der Waals surface area contributed by atoms with Crippen LogP contribution in [0.25, 0.3) is 0 Å². The first-order chi connectivity index (χ1) is 14.3. The van der Waals surface area contributed by atoms with Crippen molar-refractivity contribution in [2.24, 2.45) is 0 Å². The maximum atomic E-state index is 12.7. The zero-order valence-corrected chi connectivity index (χ0v) is 18.2. The van der Waals surface area contributed by atoms with Crippen molar-refractivity contribution in [3.05, 3.63) is 58.6 Å². The molecule has 0 saturated carbocycles. The lowest BCUT2D eigenvalue weighted by Gasteiger charge is -2.18. The monoisotopic (exact) mass is 449 g/mol. The molecule has 1 aliphatic heterocycles. The maximum absolute atomic E-state index is 12.7. The minimum absolute atomic E-state index is 0.0321. The molecule has 2 aromatic rings. The number of hydrogen-bond acceptors (Lipinski definition) is 4. The van der Waals surface area contributed by atoms with E-state index < -0.39 is 10.0 Å². The molecule has 0 unspecified atom stereocenters. The Morgan fingerprint density at radius 2 is 1.80 bits per heavy atom. The number of nitrogens with zero attached hydrogens (tertiary/aromatic N) is 1. The summed E-state index contributed by atoms with van der Waals surface area (Å²) in [5, 5.41) is 3.08. The van der Waals surface area contributed by atoms with Gasteiger partial charge in [-0.2, -0.15) is 0 Å². The summed E-state index contributed by atoms with van der Waals surface area (Å²) in [6.45, 7) is 3.23. The zero-order valence-electron chi connectivity index (χ0n) is 16.7. The third-order valence-electron chi connectivity index (χ3n) is 4.98. The van der Waals surface area contributed by atoms with E-state index >= 15 is 0 Å². The fourth-order valence-electron chi connectivity index (χ4n) is 3.32. The van der Waals surface area contributed by atoms with E-state index in [0.717, 1.165) is 25.9 Å². The van der Waals surface area contributed by atoms with Gasteiger partial charge in [0.1, 0.15) is 0 Å². The summed E-state index contributed by atoms with van der Waals surface area (Å²) >= 11 is 5.83. The fourth-order valence-corrected chi connectivity index (χ4v) is 4.65. The van der Waals surface area contributed by atoms with Crippen molar-refractivity contribution in [1.82, 2.24) is 9.62 Å². The smallest absolute Gasteiger partial charge is 0.254 e.